The Bertz CT molecular complexity index is 524. The van der Waals surface area contributed by atoms with Gasteiger partial charge >= 0.3 is 0 Å². The molecule has 0 fully saturated rings. The molecule has 4 nitrogen and oxygen atoms in total. The number of hydrogen-bond acceptors (Lipinski definition) is 4. The van der Waals surface area contributed by atoms with Crippen molar-refractivity contribution < 1.29 is 9.84 Å². The fourth-order valence-electron chi connectivity index (χ4n) is 1.40. The molecule has 1 heterocycles. The van der Waals surface area contributed by atoms with Crippen LogP contribution in [0.4, 0.5) is 0 Å². The predicted molar refractivity (Wildman–Crippen MR) is 65.6 cm³/mol. The second kappa shape index (κ2) is 5.12. The first-order chi connectivity index (χ1) is 8.28. The molecular formula is C13H12N2O2. The van der Waals surface area contributed by atoms with Crippen LogP contribution in [-0.4, -0.2) is 22.2 Å². The van der Waals surface area contributed by atoms with E-state index >= 15 is 0 Å². The topological polar surface area (TPSA) is 55.2 Å². The Balaban J connectivity index is 2.24. The van der Waals surface area contributed by atoms with E-state index in [1.165, 1.54) is 6.33 Å². The van der Waals surface area contributed by atoms with Crippen LogP contribution >= 0.6 is 0 Å². The van der Waals surface area contributed by atoms with Crippen molar-refractivity contribution in [2.45, 2.75) is 0 Å². The molecular weight excluding hydrogens is 216 g/mol. The normalized spacial score (nSPS) is 10.6. The molecule has 1 N–H and O–H groups in total. The molecule has 0 aliphatic rings. The molecule has 1 aromatic carbocycles. The Morgan fingerprint density at radius 3 is 2.82 bits per heavy atom. The minimum absolute atomic E-state index is 0.173. The van der Waals surface area contributed by atoms with E-state index in [1.54, 1.807) is 31.5 Å². The van der Waals surface area contributed by atoms with Gasteiger partial charge in [0.05, 0.1) is 12.8 Å². The largest absolute Gasteiger partial charge is 0.508 e. The highest BCUT2D eigenvalue weighted by Gasteiger charge is 1.97. The number of methoxy groups -OCH3 is 1. The molecule has 2 rings (SSSR count). The van der Waals surface area contributed by atoms with Gasteiger partial charge in [0.2, 0.25) is 0 Å². The van der Waals surface area contributed by atoms with Crippen molar-refractivity contribution in [1.29, 1.82) is 0 Å². The second-order valence-corrected chi connectivity index (χ2v) is 3.43. The summed E-state index contributed by atoms with van der Waals surface area (Å²) in [4.78, 5) is 7.90. The van der Waals surface area contributed by atoms with Crippen LogP contribution in [-0.2, 0) is 0 Å². The van der Waals surface area contributed by atoms with E-state index in [-0.39, 0.29) is 5.75 Å². The van der Waals surface area contributed by atoms with Crippen LogP contribution < -0.4 is 4.74 Å². The molecule has 0 atom stereocenters. The maximum atomic E-state index is 9.48. The average molecular weight is 228 g/mol. The Morgan fingerprint density at radius 2 is 2.12 bits per heavy atom. The lowest BCUT2D eigenvalue weighted by molar-refractivity contribution is 0.407. The number of aromatic hydroxyl groups is 1. The van der Waals surface area contributed by atoms with E-state index in [9.17, 15) is 5.11 Å². The molecule has 0 aliphatic heterocycles. The van der Waals surface area contributed by atoms with Gasteiger partial charge in [0, 0.05) is 12.3 Å². The van der Waals surface area contributed by atoms with Crippen molar-refractivity contribution in [1.82, 2.24) is 9.97 Å². The number of ether oxygens (including phenoxy) is 1. The number of benzene rings is 1. The molecule has 0 aliphatic carbocycles. The molecule has 0 amide bonds. The van der Waals surface area contributed by atoms with Crippen molar-refractivity contribution in [3.63, 3.8) is 0 Å². The average Bonchev–Trinajstić information content (AvgIpc) is 2.37. The minimum Gasteiger partial charge on any atom is -0.508 e. The van der Waals surface area contributed by atoms with Crippen LogP contribution in [0.15, 0.2) is 36.8 Å². The number of phenols is 1. The zero-order valence-corrected chi connectivity index (χ0v) is 9.37. The number of aromatic nitrogens is 2. The summed E-state index contributed by atoms with van der Waals surface area (Å²) in [6, 6.07) is 6.84. The molecule has 0 saturated heterocycles. The summed E-state index contributed by atoms with van der Waals surface area (Å²) in [6.07, 6.45) is 6.86. The lowest BCUT2D eigenvalue weighted by Crippen LogP contribution is -1.84. The highest BCUT2D eigenvalue weighted by atomic mass is 16.5. The maximum absolute atomic E-state index is 9.48. The van der Waals surface area contributed by atoms with Crippen molar-refractivity contribution >= 4 is 12.2 Å². The number of nitrogens with zero attached hydrogens (tertiary/aromatic N) is 2. The van der Waals surface area contributed by atoms with E-state index in [0.29, 0.717) is 5.75 Å². The van der Waals surface area contributed by atoms with E-state index in [2.05, 4.69) is 9.97 Å². The molecule has 17 heavy (non-hydrogen) atoms. The Morgan fingerprint density at radius 1 is 1.24 bits per heavy atom. The molecule has 0 saturated carbocycles. The fraction of sp³-hybridized carbons (Fsp3) is 0.0769. The third-order valence-corrected chi connectivity index (χ3v) is 2.20. The summed E-state index contributed by atoms with van der Waals surface area (Å²) in [5.74, 6) is 0.791. The predicted octanol–water partition coefficient (Wildman–Crippen LogP) is 2.36. The maximum Gasteiger partial charge on any atom is 0.123 e. The highest BCUT2D eigenvalue weighted by molar-refractivity contribution is 5.69. The molecule has 0 bridgehead atoms. The van der Waals surface area contributed by atoms with Crippen LogP contribution in [0.1, 0.15) is 11.3 Å². The first-order valence-electron chi connectivity index (χ1n) is 5.10. The SMILES string of the molecule is COc1cc(O)cc(C=Cc2ccncn2)c1. The Labute approximate surface area is 99.2 Å². The van der Waals surface area contributed by atoms with Gasteiger partial charge in [0.1, 0.15) is 17.8 Å². The summed E-state index contributed by atoms with van der Waals surface area (Å²) in [5.41, 5.74) is 1.66. The molecule has 4 heteroatoms. The highest BCUT2D eigenvalue weighted by Crippen LogP contribution is 2.22. The Hall–Kier alpha value is -2.36. The van der Waals surface area contributed by atoms with Crippen LogP contribution in [0.2, 0.25) is 0 Å². The molecule has 0 radical (unpaired) electrons. The quantitative estimate of drug-likeness (QED) is 0.876. The van der Waals surface area contributed by atoms with E-state index in [4.69, 9.17) is 4.74 Å². The standard InChI is InChI=1S/C13H12N2O2/c1-17-13-7-10(6-12(16)8-13)2-3-11-4-5-14-9-15-11/h2-9,16H,1H3. The lowest BCUT2D eigenvalue weighted by atomic mass is 10.1. The van der Waals surface area contributed by atoms with Crippen LogP contribution in [0.3, 0.4) is 0 Å². The van der Waals surface area contributed by atoms with E-state index in [1.807, 2.05) is 18.2 Å². The van der Waals surface area contributed by atoms with Crippen molar-refractivity contribution in [3.05, 3.63) is 48.0 Å². The summed E-state index contributed by atoms with van der Waals surface area (Å²) < 4.78 is 5.07. The van der Waals surface area contributed by atoms with Crippen LogP contribution in [0.5, 0.6) is 11.5 Å². The van der Waals surface area contributed by atoms with Crippen molar-refractivity contribution in [2.75, 3.05) is 7.11 Å². The van der Waals surface area contributed by atoms with Crippen LogP contribution in [0, 0.1) is 0 Å². The first-order valence-corrected chi connectivity index (χ1v) is 5.10. The molecule has 86 valence electrons. The van der Waals surface area contributed by atoms with Gasteiger partial charge in [-0.3, -0.25) is 0 Å². The molecule has 1 aromatic heterocycles. The van der Waals surface area contributed by atoms with Gasteiger partial charge in [0.15, 0.2) is 0 Å². The van der Waals surface area contributed by atoms with Crippen LogP contribution in [0.25, 0.3) is 12.2 Å². The first kappa shape index (κ1) is 11.1. The number of rotatable bonds is 3. The summed E-state index contributed by atoms with van der Waals surface area (Å²) in [6.45, 7) is 0. The summed E-state index contributed by atoms with van der Waals surface area (Å²) in [5, 5.41) is 9.48. The minimum atomic E-state index is 0.173. The fourth-order valence-corrected chi connectivity index (χ4v) is 1.40. The van der Waals surface area contributed by atoms with Gasteiger partial charge in [-0.05, 0) is 29.8 Å². The van der Waals surface area contributed by atoms with Gasteiger partial charge < -0.3 is 9.84 Å². The van der Waals surface area contributed by atoms with E-state index in [0.717, 1.165) is 11.3 Å². The van der Waals surface area contributed by atoms with Gasteiger partial charge in [-0.25, -0.2) is 9.97 Å². The van der Waals surface area contributed by atoms with Gasteiger partial charge in [0.25, 0.3) is 0 Å². The molecule has 0 unspecified atom stereocenters. The monoisotopic (exact) mass is 228 g/mol. The summed E-state index contributed by atoms with van der Waals surface area (Å²) in [7, 11) is 1.56. The third-order valence-electron chi connectivity index (χ3n) is 2.20. The number of phenolic OH excluding ortho intramolecular Hbond substituents is 1. The number of hydrogen-bond donors (Lipinski definition) is 1. The van der Waals surface area contributed by atoms with Crippen molar-refractivity contribution in [3.8, 4) is 11.5 Å². The molecule has 2 aromatic rings. The van der Waals surface area contributed by atoms with Crippen molar-refractivity contribution in [2.24, 2.45) is 0 Å². The second-order valence-electron chi connectivity index (χ2n) is 3.43. The van der Waals surface area contributed by atoms with E-state index < -0.39 is 0 Å². The zero-order valence-electron chi connectivity index (χ0n) is 9.37. The van der Waals surface area contributed by atoms with Gasteiger partial charge in [-0.2, -0.15) is 0 Å². The van der Waals surface area contributed by atoms with Gasteiger partial charge in [-0.1, -0.05) is 6.08 Å². The molecule has 0 spiro atoms. The lowest BCUT2D eigenvalue weighted by Gasteiger charge is -2.02. The third kappa shape index (κ3) is 3.04. The Kier molecular flexibility index (Phi) is 3.35. The zero-order chi connectivity index (χ0) is 12.1. The summed E-state index contributed by atoms with van der Waals surface area (Å²) >= 11 is 0. The van der Waals surface area contributed by atoms with Gasteiger partial charge in [-0.15, -0.1) is 0 Å². The smallest absolute Gasteiger partial charge is 0.123 e.